The van der Waals surface area contributed by atoms with E-state index in [0.717, 1.165) is 6.42 Å². The monoisotopic (exact) mass is 238 g/mol. The highest BCUT2D eigenvalue weighted by atomic mass is 16.2. The van der Waals surface area contributed by atoms with Crippen LogP contribution in [-0.4, -0.2) is 41.6 Å². The summed E-state index contributed by atoms with van der Waals surface area (Å²) < 4.78 is 0. The number of carbonyl (C=O) groups excluding carboxylic acids is 2. The normalized spacial score (nSPS) is 28.9. The number of rotatable bonds is 2. The average molecular weight is 238 g/mol. The molecule has 0 radical (unpaired) electrons. The van der Waals surface area contributed by atoms with Crippen LogP contribution in [0.3, 0.4) is 0 Å². The van der Waals surface area contributed by atoms with Gasteiger partial charge in [0, 0.05) is 25.4 Å². The summed E-state index contributed by atoms with van der Waals surface area (Å²) in [5.74, 6) is 0.192. The van der Waals surface area contributed by atoms with Crippen LogP contribution in [0.1, 0.15) is 26.2 Å². The van der Waals surface area contributed by atoms with Crippen molar-refractivity contribution in [2.75, 3.05) is 13.1 Å². The molecule has 0 aromatic heterocycles. The molecule has 2 unspecified atom stereocenters. The van der Waals surface area contributed by atoms with Gasteiger partial charge in [0.25, 0.3) is 5.91 Å². The van der Waals surface area contributed by atoms with E-state index in [1.54, 1.807) is 0 Å². The standard InChI is InChI=1S/C11H18N4O2/c1-7-4-8(5-12)6-15(7)11(17)9-2-3-10(16)14-13-9/h7-8H,2-6,12H2,1H3,(H,14,16). The van der Waals surface area contributed by atoms with Crippen molar-refractivity contribution >= 4 is 17.5 Å². The van der Waals surface area contributed by atoms with E-state index in [2.05, 4.69) is 10.5 Å². The minimum atomic E-state index is -0.129. The second-order valence-electron chi connectivity index (χ2n) is 4.74. The Labute approximate surface area is 100 Å². The quantitative estimate of drug-likeness (QED) is 0.676. The number of hydrogen-bond acceptors (Lipinski definition) is 4. The van der Waals surface area contributed by atoms with Crippen LogP contribution in [0.2, 0.25) is 0 Å². The van der Waals surface area contributed by atoms with Crippen LogP contribution in [0.15, 0.2) is 5.10 Å². The van der Waals surface area contributed by atoms with Gasteiger partial charge in [0.1, 0.15) is 5.71 Å². The Kier molecular flexibility index (Phi) is 3.42. The number of nitrogens with zero attached hydrogens (tertiary/aromatic N) is 2. The van der Waals surface area contributed by atoms with Gasteiger partial charge in [-0.25, -0.2) is 5.43 Å². The van der Waals surface area contributed by atoms with Gasteiger partial charge in [0.15, 0.2) is 0 Å². The molecule has 1 saturated heterocycles. The summed E-state index contributed by atoms with van der Waals surface area (Å²) >= 11 is 0. The van der Waals surface area contributed by atoms with Crippen molar-refractivity contribution in [3.63, 3.8) is 0 Å². The molecule has 94 valence electrons. The number of nitrogens with one attached hydrogen (secondary N) is 1. The van der Waals surface area contributed by atoms with Crippen molar-refractivity contribution in [1.29, 1.82) is 0 Å². The van der Waals surface area contributed by atoms with E-state index >= 15 is 0 Å². The molecule has 1 fully saturated rings. The predicted octanol–water partition coefficient (Wildman–Crippen LogP) is -0.552. The van der Waals surface area contributed by atoms with Crippen molar-refractivity contribution in [1.82, 2.24) is 10.3 Å². The van der Waals surface area contributed by atoms with E-state index in [-0.39, 0.29) is 17.9 Å². The minimum Gasteiger partial charge on any atom is -0.334 e. The smallest absolute Gasteiger partial charge is 0.270 e. The first kappa shape index (κ1) is 12.0. The molecule has 17 heavy (non-hydrogen) atoms. The SMILES string of the molecule is CC1CC(CN)CN1C(=O)C1=NNC(=O)CC1. The van der Waals surface area contributed by atoms with Crippen molar-refractivity contribution in [3.8, 4) is 0 Å². The molecular formula is C11H18N4O2. The van der Waals surface area contributed by atoms with Crippen molar-refractivity contribution in [2.45, 2.75) is 32.2 Å². The highest BCUT2D eigenvalue weighted by molar-refractivity contribution is 6.39. The summed E-state index contributed by atoms with van der Waals surface area (Å²) in [6.45, 7) is 3.33. The van der Waals surface area contributed by atoms with Crippen LogP contribution in [0.4, 0.5) is 0 Å². The van der Waals surface area contributed by atoms with Gasteiger partial charge in [0.05, 0.1) is 0 Å². The van der Waals surface area contributed by atoms with Gasteiger partial charge in [-0.1, -0.05) is 0 Å². The first-order valence-electron chi connectivity index (χ1n) is 5.98. The average Bonchev–Trinajstić information content (AvgIpc) is 2.71. The zero-order valence-electron chi connectivity index (χ0n) is 9.98. The minimum absolute atomic E-state index is 0.0616. The highest BCUT2D eigenvalue weighted by Gasteiger charge is 2.34. The number of amides is 2. The molecule has 2 heterocycles. The second kappa shape index (κ2) is 4.83. The Morgan fingerprint density at radius 3 is 2.88 bits per heavy atom. The Bertz CT molecular complexity index is 366. The molecule has 0 saturated carbocycles. The Hall–Kier alpha value is -1.43. The predicted molar refractivity (Wildman–Crippen MR) is 63.1 cm³/mol. The molecule has 0 aliphatic carbocycles. The fraction of sp³-hybridized carbons (Fsp3) is 0.727. The number of nitrogens with two attached hydrogens (primary N) is 1. The molecule has 2 aliphatic heterocycles. The van der Waals surface area contributed by atoms with Gasteiger partial charge < -0.3 is 10.6 Å². The topological polar surface area (TPSA) is 87.8 Å². The maximum Gasteiger partial charge on any atom is 0.270 e. The summed E-state index contributed by atoms with van der Waals surface area (Å²) in [5.41, 5.74) is 8.44. The molecule has 3 N–H and O–H groups in total. The van der Waals surface area contributed by atoms with Crippen LogP contribution in [0.25, 0.3) is 0 Å². The molecule has 0 aromatic rings. The summed E-state index contributed by atoms with van der Waals surface area (Å²) in [4.78, 5) is 25.0. The van der Waals surface area contributed by atoms with Crippen molar-refractivity contribution in [2.24, 2.45) is 16.8 Å². The van der Waals surface area contributed by atoms with Gasteiger partial charge in [-0.3, -0.25) is 9.59 Å². The lowest BCUT2D eigenvalue weighted by molar-refractivity contribution is -0.125. The Morgan fingerprint density at radius 2 is 2.35 bits per heavy atom. The highest BCUT2D eigenvalue weighted by Crippen LogP contribution is 2.23. The molecule has 6 nitrogen and oxygen atoms in total. The van der Waals surface area contributed by atoms with E-state index in [1.165, 1.54) is 0 Å². The van der Waals surface area contributed by atoms with Crippen LogP contribution in [0, 0.1) is 5.92 Å². The van der Waals surface area contributed by atoms with E-state index in [0.29, 0.717) is 37.6 Å². The number of likely N-dealkylation sites (tertiary alicyclic amines) is 1. The van der Waals surface area contributed by atoms with Crippen LogP contribution in [-0.2, 0) is 9.59 Å². The number of carbonyl (C=O) groups is 2. The van der Waals surface area contributed by atoms with Gasteiger partial charge in [-0.15, -0.1) is 0 Å². The second-order valence-corrected chi connectivity index (χ2v) is 4.74. The molecule has 2 atom stereocenters. The summed E-state index contributed by atoms with van der Waals surface area (Å²) in [6.07, 6.45) is 1.72. The van der Waals surface area contributed by atoms with Crippen LogP contribution < -0.4 is 11.2 Å². The van der Waals surface area contributed by atoms with Crippen LogP contribution >= 0.6 is 0 Å². The molecule has 2 rings (SSSR count). The fourth-order valence-electron chi connectivity index (χ4n) is 2.39. The lowest BCUT2D eigenvalue weighted by Crippen LogP contribution is -2.42. The lowest BCUT2D eigenvalue weighted by Gasteiger charge is -2.23. The van der Waals surface area contributed by atoms with Gasteiger partial charge >= 0.3 is 0 Å². The molecule has 0 bridgehead atoms. The molecule has 6 heteroatoms. The number of hydrogen-bond donors (Lipinski definition) is 2. The van der Waals surface area contributed by atoms with Gasteiger partial charge in [-0.2, -0.15) is 5.10 Å². The molecule has 2 aliphatic rings. The molecular weight excluding hydrogens is 220 g/mol. The first-order valence-corrected chi connectivity index (χ1v) is 5.98. The fourth-order valence-corrected chi connectivity index (χ4v) is 2.39. The van der Waals surface area contributed by atoms with E-state index < -0.39 is 0 Å². The Morgan fingerprint density at radius 1 is 1.59 bits per heavy atom. The van der Waals surface area contributed by atoms with Crippen molar-refractivity contribution < 1.29 is 9.59 Å². The molecule has 0 aromatic carbocycles. The lowest BCUT2D eigenvalue weighted by atomic mass is 10.1. The van der Waals surface area contributed by atoms with E-state index in [4.69, 9.17) is 5.73 Å². The van der Waals surface area contributed by atoms with Crippen molar-refractivity contribution in [3.05, 3.63) is 0 Å². The third kappa shape index (κ3) is 2.46. The zero-order valence-corrected chi connectivity index (χ0v) is 9.98. The number of hydrazone groups is 1. The molecule has 0 spiro atoms. The summed E-state index contributed by atoms with van der Waals surface area (Å²) in [7, 11) is 0. The zero-order chi connectivity index (χ0) is 12.4. The van der Waals surface area contributed by atoms with E-state index in [1.807, 2.05) is 11.8 Å². The maximum atomic E-state index is 12.2. The maximum absolute atomic E-state index is 12.2. The summed E-state index contributed by atoms with van der Waals surface area (Å²) in [6, 6.07) is 0.205. The van der Waals surface area contributed by atoms with E-state index in [9.17, 15) is 9.59 Å². The molecule has 2 amide bonds. The third-order valence-electron chi connectivity index (χ3n) is 3.41. The summed E-state index contributed by atoms with van der Waals surface area (Å²) in [5, 5.41) is 3.83. The van der Waals surface area contributed by atoms with Gasteiger partial charge in [-0.05, 0) is 25.8 Å². The third-order valence-corrected chi connectivity index (χ3v) is 3.41. The first-order chi connectivity index (χ1) is 8.11. The van der Waals surface area contributed by atoms with Crippen LogP contribution in [0.5, 0.6) is 0 Å². The largest absolute Gasteiger partial charge is 0.334 e. The van der Waals surface area contributed by atoms with Gasteiger partial charge in [0.2, 0.25) is 5.91 Å². The Balaban J connectivity index is 2.03.